The summed E-state index contributed by atoms with van der Waals surface area (Å²) in [6.07, 6.45) is 2.59. The largest absolute Gasteiger partial charge is 0.494 e. The van der Waals surface area contributed by atoms with Crippen molar-refractivity contribution in [1.29, 1.82) is 0 Å². The summed E-state index contributed by atoms with van der Waals surface area (Å²) in [5.41, 5.74) is 5.41. The highest BCUT2D eigenvalue weighted by atomic mass is 32.2. The fourth-order valence-corrected chi connectivity index (χ4v) is 3.24. The van der Waals surface area contributed by atoms with Crippen molar-refractivity contribution in [2.45, 2.75) is 18.5 Å². The molecule has 3 rings (SSSR count). The summed E-state index contributed by atoms with van der Waals surface area (Å²) in [6.45, 7) is 2.77. The number of benzene rings is 2. The topological polar surface area (TPSA) is 68.5 Å². The van der Waals surface area contributed by atoms with Gasteiger partial charge < -0.3 is 9.30 Å². The maximum absolute atomic E-state index is 12.0. The Hall–Kier alpha value is -2.80. The van der Waals surface area contributed by atoms with E-state index in [0.717, 1.165) is 33.9 Å². The maximum Gasteiger partial charge on any atom is 0.250 e. The highest BCUT2D eigenvalue weighted by Gasteiger charge is 2.09. The number of nitrogens with zero attached hydrogens (tertiary/aromatic N) is 3. The van der Waals surface area contributed by atoms with E-state index in [-0.39, 0.29) is 11.7 Å². The van der Waals surface area contributed by atoms with Crippen molar-refractivity contribution in [3.8, 4) is 5.75 Å². The molecule has 0 bridgehead atoms. The zero-order valence-corrected chi connectivity index (χ0v) is 16.2. The monoisotopic (exact) mass is 382 g/mol. The third-order valence-corrected chi connectivity index (χ3v) is 4.86. The molecule has 0 spiro atoms. The maximum atomic E-state index is 12.0. The summed E-state index contributed by atoms with van der Waals surface area (Å²) < 4.78 is 7.52. The third-order valence-electron chi connectivity index (χ3n) is 3.83. The van der Waals surface area contributed by atoms with Crippen molar-refractivity contribution in [3.63, 3.8) is 0 Å². The molecule has 0 radical (unpaired) electrons. The number of thioether (sulfide) groups is 1. The minimum Gasteiger partial charge on any atom is -0.494 e. The molecule has 140 valence electrons. The van der Waals surface area contributed by atoms with Crippen molar-refractivity contribution in [1.82, 2.24) is 15.0 Å². The number of aryl methyl sites for hydroxylation is 1. The van der Waals surface area contributed by atoms with E-state index < -0.39 is 0 Å². The molecule has 27 heavy (non-hydrogen) atoms. The molecule has 0 aliphatic carbocycles. The number of hydrogen-bond donors (Lipinski definition) is 1. The van der Waals surface area contributed by atoms with E-state index in [0.29, 0.717) is 6.61 Å². The van der Waals surface area contributed by atoms with Crippen molar-refractivity contribution >= 4 is 34.9 Å². The molecule has 0 atom stereocenters. The minimum absolute atomic E-state index is 0.175. The van der Waals surface area contributed by atoms with Gasteiger partial charge in [0.15, 0.2) is 5.16 Å². The van der Waals surface area contributed by atoms with E-state index in [4.69, 9.17) is 4.74 Å². The molecule has 0 aliphatic rings. The summed E-state index contributed by atoms with van der Waals surface area (Å²) >= 11 is 1.39. The van der Waals surface area contributed by atoms with E-state index in [1.54, 1.807) is 6.21 Å². The van der Waals surface area contributed by atoms with Crippen LogP contribution in [0.15, 0.2) is 58.8 Å². The van der Waals surface area contributed by atoms with Gasteiger partial charge in [-0.25, -0.2) is 10.4 Å². The summed E-state index contributed by atoms with van der Waals surface area (Å²) in [7, 11) is 1.95. The van der Waals surface area contributed by atoms with Gasteiger partial charge in [0, 0.05) is 7.05 Å². The number of nitrogens with one attached hydrogen (secondary N) is 1. The Morgan fingerprint density at radius 2 is 2.04 bits per heavy atom. The summed E-state index contributed by atoms with van der Waals surface area (Å²) in [5.74, 6) is 0.904. The fraction of sp³-hybridized carbons (Fsp3) is 0.250. The van der Waals surface area contributed by atoms with Crippen LogP contribution in [-0.2, 0) is 11.8 Å². The zero-order valence-electron chi connectivity index (χ0n) is 15.4. The molecule has 1 heterocycles. The predicted molar refractivity (Wildman–Crippen MR) is 109 cm³/mol. The van der Waals surface area contributed by atoms with Gasteiger partial charge in [0.05, 0.1) is 29.6 Å². The normalized spacial score (nSPS) is 11.2. The molecule has 7 heteroatoms. The number of amides is 1. The molecule has 0 aliphatic heterocycles. The molecule has 0 saturated carbocycles. The predicted octanol–water partition coefficient (Wildman–Crippen LogP) is 3.60. The van der Waals surface area contributed by atoms with Gasteiger partial charge in [-0.05, 0) is 48.4 Å². The minimum atomic E-state index is -0.175. The quantitative estimate of drug-likeness (QED) is 0.367. The molecule has 2 aromatic carbocycles. The molecule has 1 aromatic heterocycles. The van der Waals surface area contributed by atoms with E-state index >= 15 is 0 Å². The number of imidazole rings is 1. The van der Waals surface area contributed by atoms with Crippen LogP contribution in [-0.4, -0.2) is 34.0 Å². The molecule has 0 unspecified atom stereocenters. The average Bonchev–Trinajstić information content (AvgIpc) is 3.02. The second-order valence-corrected chi connectivity index (χ2v) is 6.88. The molecule has 3 aromatic rings. The number of aromatic nitrogens is 2. The number of hydrogen-bond acceptors (Lipinski definition) is 5. The lowest BCUT2D eigenvalue weighted by molar-refractivity contribution is -0.118. The average molecular weight is 382 g/mol. The van der Waals surface area contributed by atoms with Crippen LogP contribution in [0.3, 0.4) is 0 Å². The Bertz CT molecular complexity index is 935. The van der Waals surface area contributed by atoms with Crippen LogP contribution in [0, 0.1) is 0 Å². The second kappa shape index (κ2) is 9.23. The van der Waals surface area contributed by atoms with Gasteiger partial charge in [0.25, 0.3) is 5.91 Å². The van der Waals surface area contributed by atoms with Crippen LogP contribution in [0.5, 0.6) is 5.75 Å². The first-order valence-corrected chi connectivity index (χ1v) is 9.75. The van der Waals surface area contributed by atoms with Crippen molar-refractivity contribution in [3.05, 3.63) is 54.1 Å². The van der Waals surface area contributed by atoms with Crippen LogP contribution < -0.4 is 10.2 Å². The van der Waals surface area contributed by atoms with E-state index in [2.05, 4.69) is 22.4 Å². The van der Waals surface area contributed by atoms with Gasteiger partial charge in [-0.1, -0.05) is 30.8 Å². The third kappa shape index (κ3) is 5.10. The Morgan fingerprint density at radius 3 is 2.78 bits per heavy atom. The van der Waals surface area contributed by atoms with Gasteiger partial charge in [-0.3, -0.25) is 4.79 Å². The van der Waals surface area contributed by atoms with E-state index in [1.165, 1.54) is 11.8 Å². The molecule has 6 nitrogen and oxygen atoms in total. The lowest BCUT2D eigenvalue weighted by Crippen LogP contribution is -2.19. The summed E-state index contributed by atoms with van der Waals surface area (Å²) in [6, 6.07) is 15.5. The smallest absolute Gasteiger partial charge is 0.250 e. The SMILES string of the molecule is CCCOc1ccc(C=NNC(=O)CSc2nc3ccccc3n2C)cc1. The van der Waals surface area contributed by atoms with E-state index in [1.807, 2.05) is 60.1 Å². The Balaban J connectivity index is 1.49. The first kappa shape index (κ1) is 19.0. The molecule has 1 amide bonds. The number of para-hydroxylation sites is 2. The zero-order chi connectivity index (χ0) is 19.1. The Labute approximate surface area is 162 Å². The molecule has 1 N–H and O–H groups in total. The summed E-state index contributed by atoms with van der Waals surface area (Å²) in [4.78, 5) is 16.5. The number of fused-ring (bicyclic) bond motifs is 1. The Morgan fingerprint density at radius 1 is 1.26 bits per heavy atom. The lowest BCUT2D eigenvalue weighted by atomic mass is 10.2. The van der Waals surface area contributed by atoms with Gasteiger partial charge >= 0.3 is 0 Å². The molecule has 0 saturated heterocycles. The Kier molecular flexibility index (Phi) is 6.49. The standard InChI is InChI=1S/C20H22N4O2S/c1-3-12-26-16-10-8-15(9-11-16)13-21-23-19(25)14-27-20-22-17-6-4-5-7-18(17)24(20)2/h4-11,13H,3,12,14H2,1-2H3,(H,23,25). The van der Waals surface area contributed by atoms with Crippen LogP contribution in [0.2, 0.25) is 0 Å². The molecular formula is C20H22N4O2S. The lowest BCUT2D eigenvalue weighted by Gasteiger charge is -2.04. The van der Waals surface area contributed by atoms with Gasteiger partial charge in [0.2, 0.25) is 0 Å². The molecular weight excluding hydrogens is 360 g/mol. The van der Waals surface area contributed by atoms with Gasteiger partial charge in [-0.15, -0.1) is 0 Å². The number of carbonyl (C=O) groups is 1. The summed E-state index contributed by atoms with van der Waals surface area (Å²) in [5, 5.41) is 4.81. The molecule has 0 fully saturated rings. The highest BCUT2D eigenvalue weighted by Crippen LogP contribution is 2.22. The van der Waals surface area contributed by atoms with Gasteiger partial charge in [0.1, 0.15) is 5.75 Å². The fourth-order valence-electron chi connectivity index (χ4n) is 2.46. The number of hydrazone groups is 1. The van der Waals surface area contributed by atoms with Crippen molar-refractivity contribution in [2.24, 2.45) is 12.1 Å². The first-order chi connectivity index (χ1) is 13.2. The van der Waals surface area contributed by atoms with Crippen molar-refractivity contribution in [2.75, 3.05) is 12.4 Å². The van der Waals surface area contributed by atoms with Crippen LogP contribution in [0.4, 0.5) is 0 Å². The first-order valence-electron chi connectivity index (χ1n) is 8.76. The van der Waals surface area contributed by atoms with Crippen molar-refractivity contribution < 1.29 is 9.53 Å². The van der Waals surface area contributed by atoms with Gasteiger partial charge in [-0.2, -0.15) is 5.10 Å². The van der Waals surface area contributed by atoms with Crippen LogP contribution >= 0.6 is 11.8 Å². The number of carbonyl (C=O) groups excluding carboxylic acids is 1. The number of ether oxygens (including phenoxy) is 1. The number of rotatable bonds is 8. The van der Waals surface area contributed by atoms with Crippen LogP contribution in [0.25, 0.3) is 11.0 Å². The second-order valence-electron chi connectivity index (χ2n) is 5.94. The van der Waals surface area contributed by atoms with Crippen LogP contribution in [0.1, 0.15) is 18.9 Å². The van der Waals surface area contributed by atoms with E-state index in [9.17, 15) is 4.79 Å². The highest BCUT2D eigenvalue weighted by molar-refractivity contribution is 7.99.